The van der Waals surface area contributed by atoms with Crippen LogP contribution >= 0.6 is 7.82 Å². The summed E-state index contributed by atoms with van der Waals surface area (Å²) in [5.74, 6) is -0.133. The van der Waals surface area contributed by atoms with Crippen LogP contribution in [-0.2, 0) is 18.4 Å². The molecule has 3 N–H and O–H groups in total. The number of amides is 1. The second-order valence-electron chi connectivity index (χ2n) is 28.4. The third kappa shape index (κ3) is 70.7. The van der Waals surface area contributed by atoms with E-state index < -0.39 is 20.0 Å². The minimum Gasteiger partial charge on any atom is -0.391 e. The van der Waals surface area contributed by atoms with Crippen molar-refractivity contribution in [2.45, 2.75) is 437 Å². The first-order valence-corrected chi connectivity index (χ1v) is 40.5. The quantitative estimate of drug-likeness (QED) is 0.0243. The predicted octanol–water partition coefficient (Wildman–Crippen LogP) is 25.2. The number of aliphatic hydroxyl groups excluding tert-OH is 1. The standard InChI is InChI=1S/C77H155N2O6P/c1-6-8-10-12-14-16-18-20-22-24-26-28-30-32-34-36-38-39-41-43-45-47-49-51-53-55-57-59-61-63-65-67-69-71-77(81)78-75(74-85-86(82,83)84-73-72-79(3,4)5)76(80)70-68-66-64-62-60-58-56-54-52-50-48-46-44-42-40-37-35-33-31-29-27-25-23-21-19-17-15-13-11-9-7-2/h24,26,75-76,80H,6-23,25,27-74H2,1-5H3,(H-,78,81,82,83)/p+1/b26-24-. The van der Waals surface area contributed by atoms with Crippen LogP contribution < -0.4 is 5.32 Å². The number of allylic oxidation sites excluding steroid dienone is 2. The smallest absolute Gasteiger partial charge is 0.391 e. The van der Waals surface area contributed by atoms with Gasteiger partial charge in [0.2, 0.25) is 5.91 Å². The zero-order chi connectivity index (χ0) is 62.6. The van der Waals surface area contributed by atoms with Crippen LogP contribution in [0.2, 0.25) is 0 Å². The Hall–Kier alpha value is -0.760. The second kappa shape index (κ2) is 68.6. The molecule has 0 spiro atoms. The molecule has 86 heavy (non-hydrogen) atoms. The number of unbranched alkanes of at least 4 members (excludes halogenated alkanes) is 59. The van der Waals surface area contributed by atoms with Gasteiger partial charge in [-0.3, -0.25) is 13.8 Å². The van der Waals surface area contributed by atoms with Gasteiger partial charge in [0.05, 0.1) is 39.9 Å². The molecule has 0 heterocycles. The average molecular weight is 1240 g/mol. The topological polar surface area (TPSA) is 105 Å². The van der Waals surface area contributed by atoms with Crippen molar-refractivity contribution in [3.63, 3.8) is 0 Å². The first-order valence-electron chi connectivity index (χ1n) is 39.1. The Balaban J connectivity index is 3.92. The number of phosphoric acid groups is 1. The van der Waals surface area contributed by atoms with Crippen molar-refractivity contribution in [3.8, 4) is 0 Å². The van der Waals surface area contributed by atoms with Gasteiger partial charge >= 0.3 is 7.82 Å². The Morgan fingerprint density at radius 1 is 0.384 bits per heavy atom. The maximum atomic E-state index is 13.1. The lowest BCUT2D eigenvalue weighted by molar-refractivity contribution is -0.870. The largest absolute Gasteiger partial charge is 0.472 e. The summed E-state index contributed by atoms with van der Waals surface area (Å²) in [6.07, 6.45) is 89.3. The number of quaternary nitrogens is 1. The molecule has 514 valence electrons. The summed E-state index contributed by atoms with van der Waals surface area (Å²) >= 11 is 0. The molecule has 0 fully saturated rings. The van der Waals surface area contributed by atoms with Crippen molar-refractivity contribution in [2.24, 2.45) is 0 Å². The van der Waals surface area contributed by atoms with E-state index in [2.05, 4.69) is 31.3 Å². The Kier molecular flexibility index (Phi) is 68.0. The maximum Gasteiger partial charge on any atom is 0.472 e. The number of nitrogens with one attached hydrogen (secondary N) is 1. The summed E-state index contributed by atoms with van der Waals surface area (Å²) < 4.78 is 24.0. The molecule has 0 aliphatic heterocycles. The summed E-state index contributed by atoms with van der Waals surface area (Å²) in [5.41, 5.74) is 0. The normalized spacial score (nSPS) is 13.5. The van der Waals surface area contributed by atoms with Crippen LogP contribution in [0.3, 0.4) is 0 Å². The van der Waals surface area contributed by atoms with Gasteiger partial charge in [-0.15, -0.1) is 0 Å². The number of likely N-dealkylation sites (N-methyl/N-ethyl adjacent to an activating group) is 1. The molecule has 3 unspecified atom stereocenters. The highest BCUT2D eigenvalue weighted by molar-refractivity contribution is 7.47. The Labute approximate surface area is 539 Å². The summed E-state index contributed by atoms with van der Waals surface area (Å²) in [4.78, 5) is 23.5. The van der Waals surface area contributed by atoms with Crippen molar-refractivity contribution < 1.29 is 32.9 Å². The van der Waals surface area contributed by atoms with Gasteiger partial charge in [-0.05, 0) is 38.5 Å². The fourth-order valence-electron chi connectivity index (χ4n) is 12.5. The fourth-order valence-corrected chi connectivity index (χ4v) is 13.2. The molecular weight excluding hydrogens is 1080 g/mol. The molecular formula is C77H156N2O6P+. The molecule has 3 atom stereocenters. The molecule has 0 saturated heterocycles. The Bertz CT molecular complexity index is 1410. The summed E-state index contributed by atoms with van der Waals surface area (Å²) in [7, 11) is 1.64. The third-order valence-corrected chi connectivity index (χ3v) is 19.5. The van der Waals surface area contributed by atoms with Crippen molar-refractivity contribution in [3.05, 3.63) is 12.2 Å². The highest BCUT2D eigenvalue weighted by Gasteiger charge is 2.28. The highest BCUT2D eigenvalue weighted by Crippen LogP contribution is 2.43. The van der Waals surface area contributed by atoms with Crippen molar-refractivity contribution in [1.82, 2.24) is 5.32 Å². The van der Waals surface area contributed by atoms with Crippen molar-refractivity contribution in [2.75, 3.05) is 40.9 Å². The molecule has 0 aromatic carbocycles. The van der Waals surface area contributed by atoms with E-state index in [0.29, 0.717) is 23.9 Å². The van der Waals surface area contributed by atoms with E-state index >= 15 is 0 Å². The molecule has 1 amide bonds. The van der Waals surface area contributed by atoms with Crippen LogP contribution in [0.5, 0.6) is 0 Å². The van der Waals surface area contributed by atoms with E-state index in [1.165, 1.54) is 360 Å². The van der Waals surface area contributed by atoms with E-state index in [4.69, 9.17) is 9.05 Å². The average Bonchev–Trinajstić information content (AvgIpc) is 3.70. The number of rotatable bonds is 74. The molecule has 0 aromatic heterocycles. The summed E-state index contributed by atoms with van der Waals surface area (Å²) in [5, 5.41) is 14.2. The molecule has 0 saturated carbocycles. The molecule has 0 radical (unpaired) electrons. The maximum absolute atomic E-state index is 13.1. The lowest BCUT2D eigenvalue weighted by Crippen LogP contribution is -2.46. The van der Waals surface area contributed by atoms with E-state index in [0.717, 1.165) is 38.5 Å². The number of carbonyl (C=O) groups excluding carboxylic acids is 1. The van der Waals surface area contributed by atoms with Crippen LogP contribution in [0.15, 0.2) is 12.2 Å². The van der Waals surface area contributed by atoms with Gasteiger partial charge in [-0.2, -0.15) is 0 Å². The van der Waals surface area contributed by atoms with Gasteiger partial charge in [0.1, 0.15) is 13.2 Å². The van der Waals surface area contributed by atoms with Gasteiger partial charge in [-0.1, -0.05) is 392 Å². The van der Waals surface area contributed by atoms with Gasteiger partial charge in [0.15, 0.2) is 0 Å². The third-order valence-electron chi connectivity index (χ3n) is 18.5. The van der Waals surface area contributed by atoms with E-state index in [1.54, 1.807) is 0 Å². The molecule has 8 nitrogen and oxygen atoms in total. The van der Waals surface area contributed by atoms with Crippen LogP contribution in [0.25, 0.3) is 0 Å². The zero-order valence-electron chi connectivity index (χ0n) is 59.1. The van der Waals surface area contributed by atoms with Gasteiger partial charge in [0, 0.05) is 6.42 Å². The molecule has 0 aliphatic rings. The van der Waals surface area contributed by atoms with Crippen molar-refractivity contribution >= 4 is 13.7 Å². The lowest BCUT2D eigenvalue weighted by Gasteiger charge is -2.26. The number of phosphoric ester groups is 1. The van der Waals surface area contributed by atoms with Crippen molar-refractivity contribution in [1.29, 1.82) is 0 Å². The Morgan fingerprint density at radius 2 is 0.628 bits per heavy atom. The van der Waals surface area contributed by atoms with Gasteiger partial charge in [-0.25, -0.2) is 4.57 Å². The van der Waals surface area contributed by atoms with Gasteiger partial charge < -0.3 is 19.8 Å². The number of aliphatic hydroxyl groups is 1. The number of hydrogen-bond acceptors (Lipinski definition) is 5. The van der Waals surface area contributed by atoms with E-state index in [-0.39, 0.29) is 19.1 Å². The van der Waals surface area contributed by atoms with Crippen LogP contribution in [0.4, 0.5) is 0 Å². The van der Waals surface area contributed by atoms with Crippen LogP contribution in [-0.4, -0.2) is 73.4 Å². The molecule has 9 heteroatoms. The minimum absolute atomic E-state index is 0.0787. The minimum atomic E-state index is -4.33. The predicted molar refractivity (Wildman–Crippen MR) is 379 cm³/mol. The number of hydrogen-bond donors (Lipinski definition) is 3. The van der Waals surface area contributed by atoms with Crippen LogP contribution in [0.1, 0.15) is 425 Å². The molecule has 0 aromatic rings. The van der Waals surface area contributed by atoms with Gasteiger partial charge in [0.25, 0.3) is 0 Å². The molecule has 0 bridgehead atoms. The van der Waals surface area contributed by atoms with E-state index in [9.17, 15) is 19.4 Å². The zero-order valence-corrected chi connectivity index (χ0v) is 60.0. The SMILES string of the molecule is CCCCCCCCCC/C=C\CCCCCCCCCCCCCCCCCCCCCCCC(=O)NC(COP(=O)(O)OCC[N+](C)(C)C)C(O)CCCCCCCCCCCCCCCCCCCCCCCCCCCCCCCCC. The van der Waals surface area contributed by atoms with Crippen LogP contribution in [0, 0.1) is 0 Å². The molecule has 0 aliphatic carbocycles. The lowest BCUT2D eigenvalue weighted by atomic mass is 10.0. The summed E-state index contributed by atoms with van der Waals surface area (Å²) in [6, 6.07) is -0.759. The first-order chi connectivity index (χ1) is 42.0. The number of nitrogens with zero attached hydrogens (tertiary/aromatic N) is 1. The first kappa shape index (κ1) is 85.2. The number of carbonyl (C=O) groups is 1. The Morgan fingerprint density at radius 3 is 0.895 bits per heavy atom. The fraction of sp³-hybridized carbons (Fsp3) is 0.961. The highest BCUT2D eigenvalue weighted by atomic mass is 31.2. The molecule has 0 rings (SSSR count). The second-order valence-corrected chi connectivity index (χ2v) is 29.9. The summed E-state index contributed by atoms with van der Waals surface area (Å²) in [6.45, 7) is 4.97. The monoisotopic (exact) mass is 1240 g/mol. The van der Waals surface area contributed by atoms with E-state index in [1.807, 2.05) is 21.1 Å².